The molecule has 3 rings (SSSR count). The summed E-state index contributed by atoms with van der Waals surface area (Å²) in [7, 11) is 0. The van der Waals surface area contributed by atoms with E-state index in [-0.39, 0.29) is 5.38 Å². The van der Waals surface area contributed by atoms with Gasteiger partial charge in [0.2, 0.25) is 0 Å². The van der Waals surface area contributed by atoms with Crippen molar-refractivity contribution in [3.8, 4) is 0 Å². The Bertz CT molecular complexity index is 436. The van der Waals surface area contributed by atoms with E-state index in [9.17, 15) is 0 Å². The Labute approximate surface area is 126 Å². The largest absolute Gasteiger partial charge is 0.144 e. The summed E-state index contributed by atoms with van der Waals surface area (Å²) in [5.74, 6) is 2.73. The van der Waals surface area contributed by atoms with Gasteiger partial charge in [-0.3, -0.25) is 0 Å². The number of halogens is 1. The minimum absolute atomic E-state index is 0.265. The van der Waals surface area contributed by atoms with Crippen molar-refractivity contribution < 1.29 is 0 Å². The van der Waals surface area contributed by atoms with Gasteiger partial charge in [0.05, 0.1) is 5.38 Å². The Balaban J connectivity index is 1.70. The monoisotopic (exact) mass is 296 g/mol. The molecule has 0 spiro atoms. The lowest BCUT2D eigenvalue weighted by molar-refractivity contribution is 0.128. The Morgan fingerprint density at radius 3 is 2.53 bits per heavy atom. The van der Waals surface area contributed by atoms with Crippen LogP contribution in [0.1, 0.15) is 65.6 Å². The summed E-state index contributed by atoms with van der Waals surface area (Å²) in [6, 6.07) is 2.29. The molecule has 2 aliphatic rings. The molecule has 0 bridgehead atoms. The van der Waals surface area contributed by atoms with Crippen LogP contribution >= 0.6 is 22.9 Å². The summed E-state index contributed by atoms with van der Waals surface area (Å²) in [5.41, 5.74) is 1.41. The SMILES string of the molecule is Cc1cc(C)c(C(Cl)C2CCC3CCCCC3C2)s1. The maximum atomic E-state index is 6.85. The van der Waals surface area contributed by atoms with Crippen LogP contribution < -0.4 is 0 Å². The molecule has 0 N–H and O–H groups in total. The molecule has 0 radical (unpaired) electrons. The molecular formula is C17H25ClS. The van der Waals surface area contributed by atoms with Crippen LogP contribution in [0.2, 0.25) is 0 Å². The van der Waals surface area contributed by atoms with E-state index in [1.165, 1.54) is 60.3 Å². The Morgan fingerprint density at radius 2 is 1.84 bits per heavy atom. The van der Waals surface area contributed by atoms with Crippen molar-refractivity contribution in [2.45, 2.75) is 64.2 Å². The maximum absolute atomic E-state index is 6.85. The lowest BCUT2D eigenvalue weighted by atomic mass is 9.67. The highest BCUT2D eigenvalue weighted by Crippen LogP contribution is 2.49. The van der Waals surface area contributed by atoms with Gasteiger partial charge in [0, 0.05) is 9.75 Å². The highest BCUT2D eigenvalue weighted by Gasteiger charge is 2.36. The van der Waals surface area contributed by atoms with Crippen LogP contribution in [0, 0.1) is 31.6 Å². The second-order valence-corrected chi connectivity index (χ2v) is 8.44. The molecule has 4 unspecified atom stereocenters. The van der Waals surface area contributed by atoms with E-state index in [4.69, 9.17) is 11.6 Å². The zero-order valence-corrected chi connectivity index (χ0v) is 13.7. The lowest BCUT2D eigenvalue weighted by Gasteiger charge is -2.40. The Kier molecular flexibility index (Phi) is 4.24. The van der Waals surface area contributed by atoms with Crippen molar-refractivity contribution in [2.24, 2.45) is 17.8 Å². The van der Waals surface area contributed by atoms with Crippen molar-refractivity contribution in [1.29, 1.82) is 0 Å². The van der Waals surface area contributed by atoms with Gasteiger partial charge in [0.15, 0.2) is 0 Å². The average molecular weight is 297 g/mol. The molecule has 0 aliphatic heterocycles. The van der Waals surface area contributed by atoms with Crippen LogP contribution in [0.4, 0.5) is 0 Å². The van der Waals surface area contributed by atoms with Gasteiger partial charge in [0.25, 0.3) is 0 Å². The third-order valence-corrected chi connectivity index (χ3v) is 7.26. The molecule has 0 saturated heterocycles. The number of hydrogen-bond donors (Lipinski definition) is 0. The highest BCUT2D eigenvalue weighted by molar-refractivity contribution is 7.12. The first-order chi connectivity index (χ1) is 9.15. The van der Waals surface area contributed by atoms with Gasteiger partial charge >= 0.3 is 0 Å². The lowest BCUT2D eigenvalue weighted by Crippen LogP contribution is -2.29. The zero-order chi connectivity index (χ0) is 13.4. The Hall–Kier alpha value is -0.0100. The second-order valence-electron chi connectivity index (χ2n) is 6.68. The smallest absolute Gasteiger partial charge is 0.0709 e. The zero-order valence-electron chi connectivity index (χ0n) is 12.1. The van der Waals surface area contributed by atoms with Crippen molar-refractivity contribution >= 4 is 22.9 Å². The van der Waals surface area contributed by atoms with E-state index in [0.717, 1.165) is 17.8 Å². The third kappa shape index (κ3) is 2.88. The topological polar surface area (TPSA) is 0 Å². The van der Waals surface area contributed by atoms with Crippen LogP contribution in [-0.2, 0) is 0 Å². The van der Waals surface area contributed by atoms with Gasteiger partial charge in [-0.25, -0.2) is 0 Å². The van der Waals surface area contributed by atoms with Crippen molar-refractivity contribution in [3.05, 3.63) is 21.4 Å². The molecule has 2 heteroatoms. The van der Waals surface area contributed by atoms with Crippen molar-refractivity contribution in [2.75, 3.05) is 0 Å². The molecule has 1 heterocycles. The van der Waals surface area contributed by atoms with Crippen LogP contribution in [0.3, 0.4) is 0 Å². The summed E-state index contributed by atoms with van der Waals surface area (Å²) >= 11 is 8.76. The van der Waals surface area contributed by atoms with E-state index in [1.807, 2.05) is 11.3 Å². The molecule has 2 aliphatic carbocycles. The van der Waals surface area contributed by atoms with Gasteiger partial charge < -0.3 is 0 Å². The first-order valence-corrected chi connectivity index (χ1v) is 9.11. The van der Waals surface area contributed by atoms with Crippen molar-refractivity contribution in [1.82, 2.24) is 0 Å². The average Bonchev–Trinajstić information content (AvgIpc) is 2.76. The predicted octanol–water partition coefficient (Wildman–Crippen LogP) is 6.25. The second kappa shape index (κ2) is 5.77. The quantitative estimate of drug-likeness (QED) is 0.566. The summed E-state index contributed by atoms with van der Waals surface area (Å²) in [4.78, 5) is 2.85. The van der Waals surface area contributed by atoms with E-state index >= 15 is 0 Å². The van der Waals surface area contributed by atoms with Gasteiger partial charge in [-0.05, 0) is 62.5 Å². The molecule has 2 saturated carbocycles. The fourth-order valence-corrected chi connectivity index (χ4v) is 5.96. The molecule has 19 heavy (non-hydrogen) atoms. The standard InChI is InChI=1S/C17H25ClS/c1-11-9-12(2)19-17(11)16(18)15-8-7-13-5-3-4-6-14(13)10-15/h9,13-16H,3-8,10H2,1-2H3. The number of hydrogen-bond acceptors (Lipinski definition) is 1. The van der Waals surface area contributed by atoms with Crippen LogP contribution in [0.5, 0.6) is 0 Å². The fourth-order valence-electron chi connectivity index (χ4n) is 4.32. The summed E-state index contributed by atoms with van der Waals surface area (Å²) in [6.07, 6.45) is 10.1. The molecule has 2 fully saturated rings. The number of rotatable bonds is 2. The fraction of sp³-hybridized carbons (Fsp3) is 0.765. The molecule has 0 aromatic carbocycles. The molecule has 106 valence electrons. The van der Waals surface area contributed by atoms with E-state index in [2.05, 4.69) is 19.9 Å². The van der Waals surface area contributed by atoms with Gasteiger partial charge in [-0.2, -0.15) is 0 Å². The molecule has 0 amide bonds. The van der Waals surface area contributed by atoms with E-state index < -0.39 is 0 Å². The van der Waals surface area contributed by atoms with Crippen LogP contribution in [0.15, 0.2) is 6.07 Å². The first-order valence-electron chi connectivity index (χ1n) is 7.86. The minimum Gasteiger partial charge on any atom is -0.144 e. The predicted molar refractivity (Wildman–Crippen MR) is 85.2 cm³/mol. The molecule has 1 aromatic heterocycles. The van der Waals surface area contributed by atoms with E-state index in [0.29, 0.717) is 0 Å². The molecule has 1 aromatic rings. The van der Waals surface area contributed by atoms with Crippen molar-refractivity contribution in [3.63, 3.8) is 0 Å². The third-order valence-electron chi connectivity index (χ3n) is 5.32. The summed E-state index contributed by atoms with van der Waals surface area (Å²) in [5, 5.41) is 0.265. The molecule has 0 nitrogen and oxygen atoms in total. The normalized spacial score (nSPS) is 32.9. The van der Waals surface area contributed by atoms with Crippen LogP contribution in [0.25, 0.3) is 0 Å². The van der Waals surface area contributed by atoms with E-state index in [1.54, 1.807) is 0 Å². The van der Waals surface area contributed by atoms with Gasteiger partial charge in [-0.15, -0.1) is 22.9 Å². The molecule has 4 atom stereocenters. The maximum Gasteiger partial charge on any atom is 0.0709 e. The number of aryl methyl sites for hydroxylation is 2. The number of thiophene rings is 1. The summed E-state index contributed by atoms with van der Waals surface area (Å²) < 4.78 is 0. The van der Waals surface area contributed by atoms with Gasteiger partial charge in [-0.1, -0.05) is 25.7 Å². The first kappa shape index (κ1) is 13.9. The molecular weight excluding hydrogens is 272 g/mol. The Morgan fingerprint density at radius 1 is 1.11 bits per heavy atom. The highest BCUT2D eigenvalue weighted by atomic mass is 35.5. The van der Waals surface area contributed by atoms with Crippen LogP contribution in [-0.4, -0.2) is 0 Å². The number of alkyl halides is 1. The number of fused-ring (bicyclic) bond motifs is 1. The minimum atomic E-state index is 0.265. The summed E-state index contributed by atoms with van der Waals surface area (Å²) in [6.45, 7) is 4.42. The van der Waals surface area contributed by atoms with Gasteiger partial charge in [0.1, 0.15) is 0 Å².